The van der Waals surface area contributed by atoms with Crippen molar-refractivity contribution in [3.05, 3.63) is 82.4 Å². The second-order valence-electron chi connectivity index (χ2n) is 7.33. The Labute approximate surface area is 190 Å². The van der Waals surface area contributed by atoms with Gasteiger partial charge >= 0.3 is 0 Å². The first kappa shape index (κ1) is 20.0. The van der Waals surface area contributed by atoms with Crippen molar-refractivity contribution in [2.45, 2.75) is 0 Å². The molecule has 3 aromatic rings. The van der Waals surface area contributed by atoms with E-state index in [0.717, 1.165) is 53.4 Å². The first-order valence-electron chi connectivity index (χ1n) is 10.1. The number of nitrogens with zero attached hydrogens (tertiary/aromatic N) is 3. The molecule has 1 amide bonds. The predicted octanol–water partition coefficient (Wildman–Crippen LogP) is 5.39. The second-order valence-corrected chi connectivity index (χ2v) is 8.78. The molecule has 5 nitrogen and oxygen atoms in total. The average molecular weight is 450 g/mol. The van der Waals surface area contributed by atoms with Gasteiger partial charge in [-0.15, -0.1) is 0 Å². The minimum absolute atomic E-state index is 0.213. The zero-order chi connectivity index (χ0) is 21.2. The molecule has 0 spiro atoms. The first-order chi connectivity index (χ1) is 15.2. The lowest BCUT2D eigenvalue weighted by atomic mass is 10.2. The van der Waals surface area contributed by atoms with Gasteiger partial charge in [0.2, 0.25) is 0 Å². The Kier molecular flexibility index (Phi) is 5.57. The minimum Gasteiger partial charge on any atom is -0.457 e. The topological polar surface area (TPSA) is 49.1 Å². The average Bonchev–Trinajstić information content (AvgIpc) is 3.42. The minimum atomic E-state index is -0.213. The standard InChI is InChI=1S/C24H20ClN3O2S/c25-18-7-4-8-19(15-18)27-11-13-28(14-12-27)24-26-23(29)22(31-24)16-20-9-10-21(30-20)17-5-2-1-3-6-17/h1-10,15-16H,11-14H2. The largest absolute Gasteiger partial charge is 0.457 e. The van der Waals surface area contributed by atoms with E-state index in [0.29, 0.717) is 10.7 Å². The van der Waals surface area contributed by atoms with E-state index in [9.17, 15) is 4.79 Å². The van der Waals surface area contributed by atoms with E-state index < -0.39 is 0 Å². The van der Waals surface area contributed by atoms with E-state index in [1.54, 1.807) is 6.08 Å². The van der Waals surface area contributed by atoms with Gasteiger partial charge in [0.25, 0.3) is 5.91 Å². The number of aliphatic imine (C=N–C) groups is 1. The van der Waals surface area contributed by atoms with Gasteiger partial charge in [-0.05, 0) is 42.1 Å². The Bertz CT molecular complexity index is 1160. The van der Waals surface area contributed by atoms with Gasteiger partial charge in [0.15, 0.2) is 5.17 Å². The van der Waals surface area contributed by atoms with Crippen LogP contribution in [-0.4, -0.2) is 42.2 Å². The summed E-state index contributed by atoms with van der Waals surface area (Å²) in [7, 11) is 0. The number of carbonyl (C=O) groups excluding carboxylic acids is 1. The van der Waals surface area contributed by atoms with Gasteiger partial charge in [0.05, 0.1) is 4.91 Å². The van der Waals surface area contributed by atoms with Gasteiger partial charge in [-0.3, -0.25) is 4.79 Å². The van der Waals surface area contributed by atoms with E-state index in [2.05, 4.69) is 20.9 Å². The molecule has 156 valence electrons. The molecule has 5 rings (SSSR count). The fraction of sp³-hybridized carbons (Fsp3) is 0.167. The zero-order valence-electron chi connectivity index (χ0n) is 16.7. The maximum absolute atomic E-state index is 12.5. The van der Waals surface area contributed by atoms with Crippen LogP contribution < -0.4 is 4.90 Å². The highest BCUT2D eigenvalue weighted by atomic mass is 35.5. The molecule has 0 bridgehead atoms. The molecule has 31 heavy (non-hydrogen) atoms. The van der Waals surface area contributed by atoms with Gasteiger partial charge in [0, 0.05) is 48.5 Å². The molecule has 1 fully saturated rings. The lowest BCUT2D eigenvalue weighted by Gasteiger charge is -2.36. The normalized spacial score (nSPS) is 18.0. The maximum Gasteiger partial charge on any atom is 0.286 e. The van der Waals surface area contributed by atoms with Crippen molar-refractivity contribution < 1.29 is 9.21 Å². The Balaban J connectivity index is 1.23. The van der Waals surface area contributed by atoms with Crippen molar-refractivity contribution in [3.8, 4) is 11.3 Å². The molecule has 0 unspecified atom stereocenters. The summed E-state index contributed by atoms with van der Waals surface area (Å²) in [5, 5.41) is 1.50. The molecule has 0 saturated carbocycles. The number of benzene rings is 2. The summed E-state index contributed by atoms with van der Waals surface area (Å²) in [6.45, 7) is 3.31. The first-order valence-corrected chi connectivity index (χ1v) is 11.3. The van der Waals surface area contributed by atoms with Crippen molar-refractivity contribution in [2.24, 2.45) is 4.99 Å². The highest BCUT2D eigenvalue weighted by Gasteiger charge is 2.29. The zero-order valence-corrected chi connectivity index (χ0v) is 18.3. The molecule has 2 aliphatic rings. The molecule has 0 radical (unpaired) electrons. The number of carbonyl (C=O) groups is 1. The monoisotopic (exact) mass is 449 g/mol. The number of furan rings is 1. The summed E-state index contributed by atoms with van der Waals surface area (Å²) in [5.41, 5.74) is 2.13. The lowest BCUT2D eigenvalue weighted by Crippen LogP contribution is -2.47. The SMILES string of the molecule is O=C1N=C(N2CCN(c3cccc(Cl)c3)CC2)SC1=Cc1ccc(-c2ccccc2)o1. The fourth-order valence-electron chi connectivity index (χ4n) is 3.68. The Morgan fingerprint density at radius 1 is 0.935 bits per heavy atom. The third-order valence-corrected chi connectivity index (χ3v) is 6.57. The molecule has 1 saturated heterocycles. The van der Waals surface area contributed by atoms with Crippen LogP contribution in [0.4, 0.5) is 5.69 Å². The molecular formula is C24H20ClN3O2S. The van der Waals surface area contributed by atoms with Crippen LogP contribution in [-0.2, 0) is 4.79 Å². The Hall–Kier alpha value is -2.96. The molecule has 0 aliphatic carbocycles. The number of amidine groups is 1. The van der Waals surface area contributed by atoms with Gasteiger partial charge in [-0.25, -0.2) is 0 Å². The number of halogens is 1. The molecule has 2 aliphatic heterocycles. The number of piperazine rings is 1. The van der Waals surface area contributed by atoms with E-state index in [1.807, 2.05) is 60.7 Å². The van der Waals surface area contributed by atoms with Gasteiger partial charge in [-0.2, -0.15) is 4.99 Å². The molecule has 0 N–H and O–H groups in total. The molecular weight excluding hydrogens is 430 g/mol. The van der Waals surface area contributed by atoms with E-state index in [-0.39, 0.29) is 5.91 Å². The van der Waals surface area contributed by atoms with Crippen molar-refractivity contribution in [3.63, 3.8) is 0 Å². The van der Waals surface area contributed by atoms with E-state index in [4.69, 9.17) is 16.0 Å². The number of amides is 1. The number of hydrogen-bond donors (Lipinski definition) is 0. The molecule has 1 aromatic heterocycles. The smallest absolute Gasteiger partial charge is 0.286 e. The van der Waals surface area contributed by atoms with Gasteiger partial charge in [-0.1, -0.05) is 48.0 Å². The fourth-order valence-corrected chi connectivity index (χ4v) is 4.81. The van der Waals surface area contributed by atoms with Crippen molar-refractivity contribution in [1.29, 1.82) is 0 Å². The van der Waals surface area contributed by atoms with E-state index >= 15 is 0 Å². The third kappa shape index (κ3) is 4.40. The van der Waals surface area contributed by atoms with Crippen LogP contribution >= 0.6 is 23.4 Å². The summed E-state index contributed by atoms with van der Waals surface area (Å²) in [6, 6.07) is 21.6. The van der Waals surface area contributed by atoms with Crippen LogP contribution in [0.25, 0.3) is 17.4 Å². The van der Waals surface area contributed by atoms with Crippen LogP contribution in [0.2, 0.25) is 5.02 Å². The summed E-state index contributed by atoms with van der Waals surface area (Å²) in [4.78, 5) is 21.8. The maximum atomic E-state index is 12.5. The number of anilines is 1. The van der Waals surface area contributed by atoms with Crippen molar-refractivity contribution >= 4 is 46.2 Å². The third-order valence-electron chi connectivity index (χ3n) is 5.29. The van der Waals surface area contributed by atoms with Crippen LogP contribution in [0, 0.1) is 0 Å². The van der Waals surface area contributed by atoms with Crippen molar-refractivity contribution in [2.75, 3.05) is 31.1 Å². The van der Waals surface area contributed by atoms with Crippen LogP contribution in [0.3, 0.4) is 0 Å². The molecule has 3 heterocycles. The van der Waals surface area contributed by atoms with Crippen LogP contribution in [0.15, 0.2) is 81.0 Å². The van der Waals surface area contributed by atoms with Crippen molar-refractivity contribution in [1.82, 2.24) is 4.90 Å². The summed E-state index contributed by atoms with van der Waals surface area (Å²) in [5.74, 6) is 1.22. The highest BCUT2D eigenvalue weighted by Crippen LogP contribution is 2.32. The van der Waals surface area contributed by atoms with Crippen LogP contribution in [0.5, 0.6) is 0 Å². The van der Waals surface area contributed by atoms with Crippen LogP contribution in [0.1, 0.15) is 5.76 Å². The second kappa shape index (κ2) is 8.65. The Morgan fingerprint density at radius 2 is 1.71 bits per heavy atom. The molecule has 2 aromatic carbocycles. The number of thioether (sulfide) groups is 1. The summed E-state index contributed by atoms with van der Waals surface area (Å²) in [6.07, 6.45) is 1.78. The summed E-state index contributed by atoms with van der Waals surface area (Å²) < 4.78 is 5.91. The quantitative estimate of drug-likeness (QED) is 0.501. The molecule has 0 atom stereocenters. The Morgan fingerprint density at radius 3 is 2.48 bits per heavy atom. The lowest BCUT2D eigenvalue weighted by molar-refractivity contribution is -0.113. The van der Waals surface area contributed by atoms with E-state index in [1.165, 1.54) is 11.8 Å². The predicted molar refractivity (Wildman–Crippen MR) is 127 cm³/mol. The summed E-state index contributed by atoms with van der Waals surface area (Å²) >= 11 is 7.53. The number of hydrogen-bond acceptors (Lipinski definition) is 5. The molecule has 7 heteroatoms. The highest BCUT2D eigenvalue weighted by molar-refractivity contribution is 8.18. The number of rotatable bonds is 3. The van der Waals surface area contributed by atoms with Gasteiger partial charge in [0.1, 0.15) is 11.5 Å². The van der Waals surface area contributed by atoms with Gasteiger partial charge < -0.3 is 14.2 Å².